The summed E-state index contributed by atoms with van der Waals surface area (Å²) in [7, 11) is 1.77. The van der Waals surface area contributed by atoms with E-state index in [0.717, 1.165) is 18.2 Å². The van der Waals surface area contributed by atoms with Crippen molar-refractivity contribution >= 4 is 11.9 Å². The molecule has 0 saturated heterocycles. The summed E-state index contributed by atoms with van der Waals surface area (Å²) in [4.78, 5) is 23.0. The van der Waals surface area contributed by atoms with Crippen LogP contribution in [0.2, 0.25) is 0 Å². The van der Waals surface area contributed by atoms with Gasteiger partial charge < -0.3 is 25.6 Å². The summed E-state index contributed by atoms with van der Waals surface area (Å²) in [6, 6.07) is 3.87. The van der Waals surface area contributed by atoms with Crippen molar-refractivity contribution < 1.29 is 24.5 Å². The van der Waals surface area contributed by atoms with E-state index >= 15 is 0 Å². The average molecular weight is 380 g/mol. The van der Waals surface area contributed by atoms with Gasteiger partial charge in [0.05, 0.1) is 12.6 Å². The second-order valence-electron chi connectivity index (χ2n) is 7.23. The van der Waals surface area contributed by atoms with E-state index in [2.05, 4.69) is 13.0 Å². The Balaban J connectivity index is 0.000000828. The van der Waals surface area contributed by atoms with Crippen LogP contribution < -0.4 is 10.5 Å². The molecule has 1 aromatic carbocycles. The van der Waals surface area contributed by atoms with Gasteiger partial charge in [-0.05, 0) is 56.4 Å². The minimum Gasteiger partial charge on any atom is -0.491 e. The fraction of sp³-hybridized carbons (Fsp3) is 0.600. The lowest BCUT2D eigenvalue weighted by Crippen LogP contribution is -2.35. The molecule has 0 spiro atoms. The van der Waals surface area contributed by atoms with Crippen LogP contribution in [0.15, 0.2) is 12.1 Å². The van der Waals surface area contributed by atoms with Gasteiger partial charge in [0.1, 0.15) is 12.4 Å². The third kappa shape index (κ3) is 7.19. The van der Waals surface area contributed by atoms with Gasteiger partial charge in [-0.25, -0.2) is 0 Å². The van der Waals surface area contributed by atoms with Crippen molar-refractivity contribution in [1.82, 2.24) is 4.90 Å². The molecule has 3 atom stereocenters. The second-order valence-corrected chi connectivity index (χ2v) is 7.23. The number of carboxylic acid groups (broad SMARTS) is 1. The van der Waals surface area contributed by atoms with Crippen molar-refractivity contribution in [3.63, 3.8) is 0 Å². The largest absolute Gasteiger partial charge is 0.491 e. The second kappa shape index (κ2) is 10.3. The van der Waals surface area contributed by atoms with Crippen LogP contribution in [0.1, 0.15) is 36.5 Å². The van der Waals surface area contributed by atoms with Gasteiger partial charge in [0.15, 0.2) is 0 Å². The van der Waals surface area contributed by atoms with Gasteiger partial charge in [-0.3, -0.25) is 9.59 Å². The normalized spacial score (nSPS) is 21.2. The number of aliphatic hydroxyl groups is 1. The van der Waals surface area contributed by atoms with Gasteiger partial charge in [0, 0.05) is 25.9 Å². The van der Waals surface area contributed by atoms with Crippen molar-refractivity contribution in [2.75, 3.05) is 20.2 Å². The van der Waals surface area contributed by atoms with Crippen molar-refractivity contribution in [3.05, 3.63) is 28.8 Å². The maximum atomic E-state index is 12.4. The number of carbonyl (C=O) groups excluding carboxylic acids is 1. The Morgan fingerprint density at radius 3 is 2.37 bits per heavy atom. The molecule has 152 valence electrons. The fourth-order valence-corrected chi connectivity index (χ4v) is 3.11. The first-order chi connectivity index (χ1) is 12.5. The van der Waals surface area contributed by atoms with Crippen LogP contribution in [0.4, 0.5) is 0 Å². The molecule has 0 unspecified atom stereocenters. The Hall–Kier alpha value is -2.12. The van der Waals surface area contributed by atoms with Gasteiger partial charge in [-0.2, -0.15) is 0 Å². The van der Waals surface area contributed by atoms with E-state index < -0.39 is 12.1 Å². The molecule has 1 aliphatic carbocycles. The number of benzene rings is 1. The number of nitrogens with two attached hydrogens (primary N) is 1. The Labute approximate surface area is 161 Å². The van der Waals surface area contributed by atoms with E-state index in [0.29, 0.717) is 26.0 Å². The molecule has 1 amide bonds. The number of aliphatic hydroxyl groups excluding tert-OH is 1. The van der Waals surface area contributed by atoms with Crippen LogP contribution >= 0.6 is 0 Å². The molecule has 1 saturated carbocycles. The molecule has 0 aromatic heterocycles. The van der Waals surface area contributed by atoms with E-state index in [1.165, 1.54) is 11.1 Å². The zero-order valence-electron chi connectivity index (χ0n) is 16.9. The molecule has 7 heteroatoms. The van der Waals surface area contributed by atoms with Crippen LogP contribution in [0.25, 0.3) is 0 Å². The molecule has 4 N–H and O–H groups in total. The number of carbonyl (C=O) groups is 2. The van der Waals surface area contributed by atoms with Crippen LogP contribution in [-0.2, 0) is 9.59 Å². The SMILES string of the molecule is CC(=O)O.Cc1cc(C)c(C)c(OCCN(C)C(=O)[C@H]2C[C@H](N)[C@@H](O)C2)c1. The van der Waals surface area contributed by atoms with E-state index in [1.54, 1.807) is 11.9 Å². The molecule has 27 heavy (non-hydrogen) atoms. The monoisotopic (exact) mass is 380 g/mol. The lowest BCUT2D eigenvalue weighted by Gasteiger charge is -2.21. The number of likely N-dealkylation sites (N-methyl/N-ethyl adjacent to an activating group) is 1. The predicted octanol–water partition coefficient (Wildman–Crippen LogP) is 1.64. The maximum absolute atomic E-state index is 12.4. The number of aliphatic carboxylic acids is 1. The molecular weight excluding hydrogens is 348 g/mol. The summed E-state index contributed by atoms with van der Waals surface area (Å²) in [6.07, 6.45) is 0.453. The number of aryl methyl sites for hydroxylation is 2. The lowest BCUT2D eigenvalue weighted by atomic mass is 10.1. The highest BCUT2D eigenvalue weighted by Crippen LogP contribution is 2.26. The molecule has 0 heterocycles. The Bertz CT molecular complexity index is 648. The van der Waals surface area contributed by atoms with Crippen molar-refractivity contribution in [1.29, 1.82) is 0 Å². The highest BCUT2D eigenvalue weighted by Gasteiger charge is 2.35. The molecule has 0 radical (unpaired) electrons. The van der Waals surface area contributed by atoms with Crippen molar-refractivity contribution in [2.24, 2.45) is 11.7 Å². The van der Waals surface area contributed by atoms with E-state index in [-0.39, 0.29) is 17.9 Å². The third-order valence-electron chi connectivity index (χ3n) is 4.75. The van der Waals surface area contributed by atoms with Crippen LogP contribution in [0.3, 0.4) is 0 Å². The van der Waals surface area contributed by atoms with E-state index in [4.69, 9.17) is 20.4 Å². The van der Waals surface area contributed by atoms with Gasteiger partial charge >= 0.3 is 0 Å². The highest BCUT2D eigenvalue weighted by molar-refractivity contribution is 5.79. The topological polar surface area (TPSA) is 113 Å². The minimum atomic E-state index is -0.833. The van der Waals surface area contributed by atoms with Gasteiger partial charge in [-0.1, -0.05) is 6.07 Å². The van der Waals surface area contributed by atoms with Gasteiger partial charge in [-0.15, -0.1) is 0 Å². The smallest absolute Gasteiger partial charge is 0.300 e. The molecule has 1 aromatic rings. The van der Waals surface area contributed by atoms with Gasteiger partial charge in [0.2, 0.25) is 5.91 Å². The number of nitrogens with zero attached hydrogens (tertiary/aromatic N) is 1. The van der Waals surface area contributed by atoms with E-state index in [1.807, 2.05) is 19.9 Å². The summed E-state index contributed by atoms with van der Waals surface area (Å²) in [5, 5.41) is 17.1. The summed E-state index contributed by atoms with van der Waals surface area (Å²) in [6.45, 7) is 8.21. The lowest BCUT2D eigenvalue weighted by molar-refractivity contribution is -0.135. The number of carboxylic acids is 1. The first-order valence-corrected chi connectivity index (χ1v) is 9.11. The number of amides is 1. The summed E-state index contributed by atoms with van der Waals surface area (Å²) in [5.41, 5.74) is 9.29. The van der Waals surface area contributed by atoms with Crippen LogP contribution in [0.5, 0.6) is 5.75 Å². The predicted molar refractivity (Wildman–Crippen MR) is 104 cm³/mol. The van der Waals surface area contributed by atoms with Crippen molar-refractivity contribution in [3.8, 4) is 5.75 Å². The first kappa shape index (κ1) is 22.9. The fourth-order valence-electron chi connectivity index (χ4n) is 3.11. The number of rotatable bonds is 5. The standard InChI is InChI=1S/C18H28N2O3.C2H4O2/c1-11-7-12(2)13(3)17(8-11)23-6-5-20(4)18(22)14-9-15(19)16(21)10-14;1-2(3)4/h7-8,14-16,21H,5-6,9-10,19H2,1-4H3;1H3,(H,3,4)/t14-,15-,16-;/m0./s1. The summed E-state index contributed by atoms with van der Waals surface area (Å²) in [5.74, 6) is -0.0904. The number of hydrogen-bond donors (Lipinski definition) is 3. The zero-order chi connectivity index (χ0) is 20.7. The average Bonchev–Trinajstić information content (AvgIpc) is 2.89. The molecule has 1 aliphatic rings. The minimum absolute atomic E-state index is 0.0396. The molecule has 1 fully saturated rings. The first-order valence-electron chi connectivity index (χ1n) is 9.11. The molecular formula is C20H32N2O5. The maximum Gasteiger partial charge on any atom is 0.300 e. The molecule has 0 aliphatic heterocycles. The molecule has 0 bridgehead atoms. The highest BCUT2D eigenvalue weighted by atomic mass is 16.5. The third-order valence-corrected chi connectivity index (χ3v) is 4.75. The van der Waals surface area contributed by atoms with Crippen molar-refractivity contribution in [2.45, 2.75) is 52.7 Å². The summed E-state index contributed by atoms with van der Waals surface area (Å²) < 4.78 is 5.86. The van der Waals surface area contributed by atoms with Crippen LogP contribution in [-0.4, -0.2) is 59.3 Å². The van der Waals surface area contributed by atoms with Gasteiger partial charge in [0.25, 0.3) is 5.97 Å². The Kier molecular flexibility index (Phi) is 8.72. The summed E-state index contributed by atoms with van der Waals surface area (Å²) >= 11 is 0. The Morgan fingerprint density at radius 1 is 1.26 bits per heavy atom. The zero-order valence-corrected chi connectivity index (χ0v) is 16.9. The number of hydrogen-bond acceptors (Lipinski definition) is 5. The van der Waals surface area contributed by atoms with E-state index in [9.17, 15) is 9.90 Å². The molecule has 7 nitrogen and oxygen atoms in total. The number of ether oxygens (including phenoxy) is 1. The Morgan fingerprint density at radius 2 is 1.85 bits per heavy atom. The quantitative estimate of drug-likeness (QED) is 0.716. The molecule has 2 rings (SSSR count). The van der Waals surface area contributed by atoms with Crippen LogP contribution in [0, 0.1) is 26.7 Å².